The van der Waals surface area contributed by atoms with Crippen molar-refractivity contribution in [1.82, 2.24) is 10.2 Å². The molecule has 1 unspecified atom stereocenters. The van der Waals surface area contributed by atoms with E-state index in [0.717, 1.165) is 42.2 Å². The molecule has 0 aromatic heterocycles. The van der Waals surface area contributed by atoms with E-state index < -0.39 is 5.54 Å². The van der Waals surface area contributed by atoms with Gasteiger partial charge < -0.3 is 20.6 Å². The number of hydrogen-bond donors (Lipinski definition) is 3. The molecule has 144 valence electrons. The Kier molecular flexibility index (Phi) is 4.77. The van der Waals surface area contributed by atoms with Crippen molar-refractivity contribution >= 4 is 34.8 Å². The number of nitrogens with one attached hydrogen (secondary N) is 2. The largest absolute Gasteiger partial charge is 0.508 e. The van der Waals surface area contributed by atoms with E-state index in [1.165, 1.54) is 0 Å². The fourth-order valence-corrected chi connectivity index (χ4v) is 4.10. The fourth-order valence-electron chi connectivity index (χ4n) is 3.77. The standard InChI is InChI=1S/C21H22N4O2S/c1-2-18(27)23-16-6-3-5-15(13-16)21(14-7-9-17(26)10-8-14)19-22-11-4-12-25(19)20(28)24-21/h3,5-10,13,26H,2,4,11-12H2,1H3,(H,23,27)(H,24,28). The van der Waals surface area contributed by atoms with Crippen LogP contribution >= 0.6 is 12.2 Å². The molecule has 1 amide bonds. The molecule has 2 aliphatic rings. The average Bonchev–Trinajstić information content (AvgIpc) is 3.02. The Labute approximate surface area is 169 Å². The molecule has 2 aromatic carbocycles. The van der Waals surface area contributed by atoms with Crippen molar-refractivity contribution in [1.29, 1.82) is 0 Å². The number of rotatable bonds is 4. The third-order valence-electron chi connectivity index (χ3n) is 5.13. The number of carbonyl (C=O) groups is 1. The molecule has 6 nitrogen and oxygen atoms in total. The second kappa shape index (κ2) is 7.24. The highest BCUT2D eigenvalue weighted by Gasteiger charge is 2.50. The predicted octanol–water partition coefficient (Wildman–Crippen LogP) is 2.98. The number of amidine groups is 1. The van der Waals surface area contributed by atoms with E-state index in [-0.39, 0.29) is 11.7 Å². The van der Waals surface area contributed by atoms with Gasteiger partial charge >= 0.3 is 0 Å². The molecular formula is C21H22N4O2S. The zero-order chi connectivity index (χ0) is 19.7. The second-order valence-corrected chi connectivity index (χ2v) is 7.31. The minimum atomic E-state index is -0.766. The number of fused-ring (bicyclic) bond motifs is 1. The van der Waals surface area contributed by atoms with Crippen LogP contribution in [0.25, 0.3) is 0 Å². The summed E-state index contributed by atoms with van der Waals surface area (Å²) in [7, 11) is 0. The molecule has 2 aliphatic heterocycles. The summed E-state index contributed by atoms with van der Waals surface area (Å²) in [5.74, 6) is 1.02. The van der Waals surface area contributed by atoms with Crippen molar-refractivity contribution < 1.29 is 9.90 Å². The van der Waals surface area contributed by atoms with Gasteiger partial charge in [0.2, 0.25) is 5.91 Å². The van der Waals surface area contributed by atoms with Gasteiger partial charge in [-0.1, -0.05) is 31.2 Å². The summed E-state index contributed by atoms with van der Waals surface area (Å²) in [5.41, 5.74) is 1.82. The lowest BCUT2D eigenvalue weighted by Crippen LogP contribution is -2.46. The lowest BCUT2D eigenvalue weighted by atomic mass is 9.81. The van der Waals surface area contributed by atoms with Gasteiger partial charge in [-0.25, -0.2) is 0 Å². The highest BCUT2D eigenvalue weighted by Crippen LogP contribution is 2.39. The van der Waals surface area contributed by atoms with Gasteiger partial charge in [0.15, 0.2) is 5.11 Å². The van der Waals surface area contributed by atoms with Crippen molar-refractivity contribution in [3.63, 3.8) is 0 Å². The molecular weight excluding hydrogens is 372 g/mol. The third kappa shape index (κ3) is 3.01. The van der Waals surface area contributed by atoms with Gasteiger partial charge in [-0.15, -0.1) is 0 Å². The Hall–Kier alpha value is -2.93. The predicted molar refractivity (Wildman–Crippen MR) is 114 cm³/mol. The molecule has 0 saturated carbocycles. The molecule has 0 spiro atoms. The SMILES string of the molecule is CCC(=O)Nc1cccc(C2(c3ccc(O)cc3)NC(=S)N3CCCN=C32)c1. The number of anilines is 1. The van der Waals surface area contributed by atoms with Crippen LogP contribution in [0, 0.1) is 0 Å². The minimum Gasteiger partial charge on any atom is -0.508 e. The summed E-state index contributed by atoms with van der Waals surface area (Å²) in [6, 6.07) is 14.8. The van der Waals surface area contributed by atoms with Gasteiger partial charge in [0.25, 0.3) is 0 Å². The van der Waals surface area contributed by atoms with Gasteiger partial charge in [0, 0.05) is 25.2 Å². The van der Waals surface area contributed by atoms with Crippen LogP contribution < -0.4 is 10.6 Å². The molecule has 1 saturated heterocycles. The first-order chi connectivity index (χ1) is 13.5. The quantitative estimate of drug-likeness (QED) is 0.695. The molecule has 7 heteroatoms. The number of aliphatic imine (C=N–C) groups is 1. The molecule has 1 atom stereocenters. The maximum Gasteiger partial charge on any atom is 0.224 e. The van der Waals surface area contributed by atoms with E-state index in [4.69, 9.17) is 17.2 Å². The van der Waals surface area contributed by atoms with Gasteiger partial charge in [-0.05, 0) is 54.0 Å². The van der Waals surface area contributed by atoms with E-state index in [9.17, 15) is 9.90 Å². The highest BCUT2D eigenvalue weighted by molar-refractivity contribution is 7.80. The van der Waals surface area contributed by atoms with Crippen molar-refractivity contribution in [3.05, 3.63) is 59.7 Å². The number of phenolic OH excluding ortho intramolecular Hbond substituents is 1. The van der Waals surface area contributed by atoms with E-state index in [1.54, 1.807) is 12.1 Å². The number of phenols is 1. The average molecular weight is 395 g/mol. The third-order valence-corrected chi connectivity index (χ3v) is 5.46. The maximum atomic E-state index is 11.9. The molecule has 1 fully saturated rings. The molecule has 0 bridgehead atoms. The Bertz CT molecular complexity index is 957. The monoisotopic (exact) mass is 394 g/mol. The lowest BCUT2D eigenvalue weighted by Gasteiger charge is -2.33. The number of hydrogen-bond acceptors (Lipinski definition) is 4. The van der Waals surface area contributed by atoms with Crippen LogP contribution in [-0.2, 0) is 10.3 Å². The van der Waals surface area contributed by atoms with Gasteiger partial charge in [0.1, 0.15) is 17.1 Å². The summed E-state index contributed by atoms with van der Waals surface area (Å²) in [5, 5.41) is 16.8. The molecule has 4 rings (SSSR count). The Morgan fingerprint density at radius 1 is 1.29 bits per heavy atom. The summed E-state index contributed by atoms with van der Waals surface area (Å²) in [6.45, 7) is 3.38. The van der Waals surface area contributed by atoms with Crippen molar-refractivity contribution in [3.8, 4) is 5.75 Å². The second-order valence-electron chi connectivity index (χ2n) is 6.92. The van der Waals surface area contributed by atoms with Crippen LogP contribution in [-0.4, -0.2) is 40.0 Å². The molecule has 3 N–H and O–H groups in total. The molecule has 2 heterocycles. The number of carbonyl (C=O) groups excluding carboxylic acids is 1. The van der Waals surface area contributed by atoms with E-state index in [1.807, 2.05) is 48.2 Å². The molecule has 2 aromatic rings. The van der Waals surface area contributed by atoms with Crippen molar-refractivity contribution in [2.45, 2.75) is 25.3 Å². The van der Waals surface area contributed by atoms with Crippen LogP contribution in [0.1, 0.15) is 30.9 Å². The smallest absolute Gasteiger partial charge is 0.224 e. The van der Waals surface area contributed by atoms with Crippen LogP contribution in [0.5, 0.6) is 5.75 Å². The number of benzene rings is 2. The first kappa shape index (κ1) is 18.4. The number of amides is 1. The van der Waals surface area contributed by atoms with Crippen molar-refractivity contribution in [2.24, 2.45) is 4.99 Å². The van der Waals surface area contributed by atoms with Crippen LogP contribution in [0.4, 0.5) is 5.69 Å². The van der Waals surface area contributed by atoms with Gasteiger partial charge in [0.05, 0.1) is 0 Å². The number of aromatic hydroxyl groups is 1. The summed E-state index contributed by atoms with van der Waals surface area (Å²) in [6.07, 6.45) is 1.36. The molecule has 0 aliphatic carbocycles. The Morgan fingerprint density at radius 2 is 2.07 bits per heavy atom. The first-order valence-electron chi connectivity index (χ1n) is 9.39. The van der Waals surface area contributed by atoms with Crippen LogP contribution in [0.15, 0.2) is 53.5 Å². The maximum absolute atomic E-state index is 11.9. The lowest BCUT2D eigenvalue weighted by molar-refractivity contribution is -0.115. The minimum absolute atomic E-state index is 0.0395. The summed E-state index contributed by atoms with van der Waals surface area (Å²) < 4.78 is 0. The number of nitrogens with zero attached hydrogens (tertiary/aromatic N) is 2. The fraction of sp³-hybridized carbons (Fsp3) is 0.286. The summed E-state index contributed by atoms with van der Waals surface area (Å²) in [4.78, 5) is 18.7. The van der Waals surface area contributed by atoms with Crippen molar-refractivity contribution in [2.75, 3.05) is 18.4 Å². The first-order valence-corrected chi connectivity index (χ1v) is 9.80. The van der Waals surface area contributed by atoms with Crippen LogP contribution in [0.2, 0.25) is 0 Å². The number of thiocarbonyl (C=S) groups is 1. The molecule has 0 radical (unpaired) electrons. The Balaban J connectivity index is 1.89. The van der Waals surface area contributed by atoms with Gasteiger partial charge in [-0.3, -0.25) is 9.79 Å². The highest BCUT2D eigenvalue weighted by atomic mass is 32.1. The van der Waals surface area contributed by atoms with E-state index >= 15 is 0 Å². The Morgan fingerprint density at radius 3 is 2.82 bits per heavy atom. The zero-order valence-electron chi connectivity index (χ0n) is 15.6. The van der Waals surface area contributed by atoms with Crippen LogP contribution in [0.3, 0.4) is 0 Å². The van der Waals surface area contributed by atoms with E-state index in [2.05, 4.69) is 10.6 Å². The van der Waals surface area contributed by atoms with Gasteiger partial charge in [-0.2, -0.15) is 0 Å². The van der Waals surface area contributed by atoms with E-state index in [0.29, 0.717) is 11.5 Å². The zero-order valence-corrected chi connectivity index (χ0v) is 16.4. The summed E-state index contributed by atoms with van der Waals surface area (Å²) >= 11 is 5.63. The topological polar surface area (TPSA) is 77.0 Å². The molecule has 28 heavy (non-hydrogen) atoms. The normalized spacial score (nSPS) is 21.0.